The van der Waals surface area contributed by atoms with E-state index in [4.69, 9.17) is 21.1 Å². The first kappa shape index (κ1) is 26.5. The van der Waals surface area contributed by atoms with E-state index < -0.39 is 0 Å². The van der Waals surface area contributed by atoms with Crippen LogP contribution in [0, 0.1) is 6.92 Å². The summed E-state index contributed by atoms with van der Waals surface area (Å²) in [7, 11) is 3.14. The molecule has 12 heteroatoms. The minimum atomic E-state index is -0.383. The van der Waals surface area contributed by atoms with Crippen LogP contribution in [0.1, 0.15) is 41.0 Å². The van der Waals surface area contributed by atoms with E-state index in [2.05, 4.69) is 25.7 Å². The molecular weight excluding hydrogens is 522 g/mol. The van der Waals surface area contributed by atoms with Gasteiger partial charge in [0, 0.05) is 50.8 Å². The van der Waals surface area contributed by atoms with Gasteiger partial charge in [0.25, 0.3) is 5.91 Å². The van der Waals surface area contributed by atoms with Crippen LogP contribution in [-0.4, -0.2) is 69.4 Å². The number of nitrogens with one attached hydrogen (secondary N) is 2. The molecule has 2 aliphatic rings. The number of nitrogens with zero attached hydrogens (tertiary/aromatic N) is 5. The summed E-state index contributed by atoms with van der Waals surface area (Å²) in [6.07, 6.45) is 5.06. The zero-order chi connectivity index (χ0) is 27.5. The maximum absolute atomic E-state index is 12.9. The molecular formula is C27H30ClN7O4. The Morgan fingerprint density at radius 2 is 1.97 bits per heavy atom. The van der Waals surface area contributed by atoms with E-state index in [1.165, 1.54) is 13.4 Å². The summed E-state index contributed by atoms with van der Waals surface area (Å²) < 4.78 is 12.7. The fourth-order valence-corrected chi connectivity index (χ4v) is 4.99. The molecule has 11 nitrogen and oxygen atoms in total. The highest BCUT2D eigenvalue weighted by molar-refractivity contribution is 6.32. The van der Waals surface area contributed by atoms with Crippen LogP contribution >= 0.6 is 11.6 Å². The Kier molecular flexibility index (Phi) is 7.69. The van der Waals surface area contributed by atoms with Gasteiger partial charge in [0.2, 0.25) is 0 Å². The number of likely N-dealkylation sites (tertiary alicyclic amines) is 1. The molecule has 1 aromatic carbocycles. The number of fused-ring (bicyclic) bond motifs is 1. The van der Waals surface area contributed by atoms with E-state index in [1.54, 1.807) is 23.9 Å². The lowest BCUT2D eigenvalue weighted by Gasteiger charge is -2.32. The maximum Gasteiger partial charge on any atom is 0.333 e. The number of halogens is 1. The SMILES string of the molecule is COC(=O)C1=Cc2c(ncnc2Nc2ccc(OC3CCN(C(=O)c4cc(C)nn4C)CC3)c(Cl)c2)NCC1. The number of aromatic nitrogens is 4. The highest BCUT2D eigenvalue weighted by atomic mass is 35.5. The normalized spacial score (nSPS) is 15.5. The van der Waals surface area contributed by atoms with Crippen molar-refractivity contribution in [2.24, 2.45) is 7.05 Å². The first-order valence-electron chi connectivity index (χ1n) is 12.7. The minimum absolute atomic E-state index is 0.0172. The van der Waals surface area contributed by atoms with Crippen molar-refractivity contribution in [1.82, 2.24) is 24.6 Å². The number of hydrogen-bond acceptors (Lipinski definition) is 9. The van der Waals surface area contributed by atoms with Gasteiger partial charge in [-0.05, 0) is 43.7 Å². The van der Waals surface area contributed by atoms with Gasteiger partial charge in [-0.15, -0.1) is 0 Å². The number of piperidine rings is 1. The predicted octanol–water partition coefficient (Wildman–Crippen LogP) is 3.97. The molecule has 39 heavy (non-hydrogen) atoms. The predicted molar refractivity (Wildman–Crippen MR) is 147 cm³/mol. The van der Waals surface area contributed by atoms with Crippen molar-refractivity contribution < 1.29 is 19.1 Å². The smallest absolute Gasteiger partial charge is 0.333 e. The monoisotopic (exact) mass is 551 g/mol. The van der Waals surface area contributed by atoms with Gasteiger partial charge in [-0.1, -0.05) is 11.6 Å². The first-order valence-corrected chi connectivity index (χ1v) is 13.1. The van der Waals surface area contributed by atoms with Gasteiger partial charge in [-0.2, -0.15) is 5.10 Å². The van der Waals surface area contributed by atoms with E-state index >= 15 is 0 Å². The lowest BCUT2D eigenvalue weighted by molar-refractivity contribution is -0.136. The second-order valence-electron chi connectivity index (χ2n) is 9.50. The summed E-state index contributed by atoms with van der Waals surface area (Å²) in [4.78, 5) is 35.5. The number of amides is 1. The molecule has 2 aliphatic heterocycles. The average molecular weight is 552 g/mol. The quantitative estimate of drug-likeness (QED) is 0.438. The molecule has 204 valence electrons. The van der Waals surface area contributed by atoms with E-state index in [-0.39, 0.29) is 18.0 Å². The molecule has 0 atom stereocenters. The van der Waals surface area contributed by atoms with Gasteiger partial charge in [0.15, 0.2) is 0 Å². The van der Waals surface area contributed by atoms with Gasteiger partial charge in [0.05, 0.1) is 23.4 Å². The summed E-state index contributed by atoms with van der Waals surface area (Å²) in [6, 6.07) is 7.25. The van der Waals surface area contributed by atoms with Crippen molar-refractivity contribution in [2.75, 3.05) is 37.4 Å². The summed E-state index contributed by atoms with van der Waals surface area (Å²) in [5.41, 5.74) is 3.31. The number of benzene rings is 1. The molecule has 1 saturated heterocycles. The Morgan fingerprint density at radius 3 is 2.67 bits per heavy atom. The van der Waals surface area contributed by atoms with Crippen LogP contribution in [0.4, 0.5) is 17.3 Å². The van der Waals surface area contributed by atoms with E-state index in [0.717, 1.165) is 5.69 Å². The molecule has 5 rings (SSSR count). The Balaban J connectivity index is 1.24. The zero-order valence-corrected chi connectivity index (χ0v) is 22.8. The molecule has 0 aliphatic carbocycles. The second kappa shape index (κ2) is 11.3. The van der Waals surface area contributed by atoms with Gasteiger partial charge in [-0.3, -0.25) is 9.48 Å². The van der Waals surface area contributed by atoms with Crippen molar-refractivity contribution in [3.05, 3.63) is 58.1 Å². The van der Waals surface area contributed by atoms with E-state index in [9.17, 15) is 9.59 Å². The molecule has 3 aromatic rings. The number of ether oxygens (including phenoxy) is 2. The number of carbonyl (C=O) groups is 2. The first-order chi connectivity index (χ1) is 18.8. The van der Waals surface area contributed by atoms with E-state index in [0.29, 0.717) is 83.8 Å². The highest BCUT2D eigenvalue weighted by Crippen LogP contribution is 2.33. The molecule has 0 bridgehead atoms. The third-order valence-electron chi connectivity index (χ3n) is 6.78. The van der Waals surface area contributed by atoms with Gasteiger partial charge in [0.1, 0.15) is 35.5 Å². The largest absolute Gasteiger partial charge is 0.489 e. The van der Waals surface area contributed by atoms with Gasteiger partial charge in [-0.25, -0.2) is 14.8 Å². The second-order valence-corrected chi connectivity index (χ2v) is 9.90. The highest BCUT2D eigenvalue weighted by Gasteiger charge is 2.27. The van der Waals surface area contributed by atoms with Crippen molar-refractivity contribution in [2.45, 2.75) is 32.3 Å². The van der Waals surface area contributed by atoms with Crippen molar-refractivity contribution in [3.8, 4) is 5.75 Å². The molecule has 2 aromatic heterocycles. The molecule has 1 amide bonds. The number of methoxy groups -OCH3 is 1. The fourth-order valence-electron chi connectivity index (χ4n) is 4.77. The molecule has 2 N–H and O–H groups in total. The third-order valence-corrected chi connectivity index (χ3v) is 7.07. The zero-order valence-electron chi connectivity index (χ0n) is 22.0. The van der Waals surface area contributed by atoms with Crippen LogP contribution in [0.3, 0.4) is 0 Å². The van der Waals surface area contributed by atoms with Crippen LogP contribution in [0.25, 0.3) is 6.08 Å². The Bertz CT molecular complexity index is 1430. The number of carbonyl (C=O) groups excluding carboxylic acids is 2. The maximum atomic E-state index is 12.9. The fraction of sp³-hybridized carbons (Fsp3) is 0.370. The Hall–Kier alpha value is -4.12. The van der Waals surface area contributed by atoms with Crippen LogP contribution in [0.5, 0.6) is 5.75 Å². The number of aryl methyl sites for hydroxylation is 2. The number of rotatable bonds is 6. The third kappa shape index (κ3) is 5.83. The number of anilines is 3. The lowest BCUT2D eigenvalue weighted by atomic mass is 10.1. The Labute approximate surface area is 231 Å². The molecule has 0 radical (unpaired) electrons. The van der Waals surface area contributed by atoms with Gasteiger partial charge < -0.3 is 25.0 Å². The topological polar surface area (TPSA) is 124 Å². The average Bonchev–Trinajstić information content (AvgIpc) is 3.13. The molecule has 0 spiro atoms. The van der Waals surface area contributed by atoms with Crippen LogP contribution < -0.4 is 15.4 Å². The van der Waals surface area contributed by atoms with Crippen LogP contribution in [0.2, 0.25) is 5.02 Å². The van der Waals surface area contributed by atoms with Crippen LogP contribution in [0.15, 0.2) is 36.2 Å². The van der Waals surface area contributed by atoms with Gasteiger partial charge >= 0.3 is 5.97 Å². The minimum Gasteiger partial charge on any atom is -0.489 e. The Morgan fingerprint density at radius 1 is 1.18 bits per heavy atom. The van der Waals surface area contributed by atoms with Crippen molar-refractivity contribution in [3.63, 3.8) is 0 Å². The molecule has 1 fully saturated rings. The summed E-state index contributed by atoms with van der Waals surface area (Å²) in [6.45, 7) is 3.62. The number of hydrogen-bond donors (Lipinski definition) is 2. The van der Waals surface area contributed by atoms with E-state index in [1.807, 2.05) is 30.0 Å². The standard InChI is InChI=1S/C27H30ClN7O4/c1-16-12-22(34(2)33-16)26(36)35-10-7-19(8-11-35)39-23-5-4-18(14-21(23)28)32-25-20-13-17(27(37)38-3)6-9-29-24(20)30-15-31-25/h4-5,12-15,19H,6-11H2,1-3H3,(H2,29,30,31,32). The summed E-state index contributed by atoms with van der Waals surface area (Å²) >= 11 is 6.59. The van der Waals surface area contributed by atoms with Crippen molar-refractivity contribution in [1.29, 1.82) is 0 Å². The number of esters is 1. The molecule has 4 heterocycles. The van der Waals surface area contributed by atoms with Crippen LogP contribution in [-0.2, 0) is 16.6 Å². The lowest BCUT2D eigenvalue weighted by Crippen LogP contribution is -2.42. The summed E-state index contributed by atoms with van der Waals surface area (Å²) in [5, 5.41) is 11.2. The molecule has 0 saturated carbocycles. The van der Waals surface area contributed by atoms with Crippen molar-refractivity contribution >= 4 is 46.9 Å². The molecule has 0 unspecified atom stereocenters. The summed E-state index contributed by atoms with van der Waals surface area (Å²) in [5.74, 6) is 1.33.